The van der Waals surface area contributed by atoms with Gasteiger partial charge < -0.3 is 19.0 Å². The van der Waals surface area contributed by atoms with E-state index < -0.39 is 19.7 Å². The fourth-order valence-corrected chi connectivity index (χ4v) is 10.9. The summed E-state index contributed by atoms with van der Waals surface area (Å²) >= 11 is 0. The Kier molecular flexibility index (Phi) is 5.94. The first-order chi connectivity index (χ1) is 15.8. The van der Waals surface area contributed by atoms with Crippen LogP contribution in [0.4, 0.5) is 0 Å². The summed E-state index contributed by atoms with van der Waals surface area (Å²) in [6.45, 7) is 25.4. The van der Waals surface area contributed by atoms with Crippen molar-refractivity contribution in [3.05, 3.63) is 0 Å². The molecular weight excluding hydrogens is 452 g/mol. The van der Waals surface area contributed by atoms with Gasteiger partial charge in [0.25, 0.3) is 0 Å². The average Bonchev–Trinajstić information content (AvgIpc) is 3.17. The van der Waals surface area contributed by atoms with E-state index in [1.165, 1.54) is 25.7 Å². The third-order valence-corrected chi connectivity index (χ3v) is 17.4. The molecule has 0 aromatic rings. The van der Waals surface area contributed by atoms with Crippen LogP contribution in [-0.2, 0) is 13.9 Å². The van der Waals surface area contributed by atoms with E-state index in [0.717, 1.165) is 18.8 Å². The first-order valence-corrected chi connectivity index (χ1v) is 17.5. The van der Waals surface area contributed by atoms with Crippen molar-refractivity contribution in [2.24, 2.45) is 40.4 Å². The summed E-state index contributed by atoms with van der Waals surface area (Å²) in [5.74, 6) is 2.05. The van der Waals surface area contributed by atoms with Crippen molar-refractivity contribution < 1.29 is 19.0 Å². The predicted molar refractivity (Wildman–Crippen MR) is 144 cm³/mol. The van der Waals surface area contributed by atoms with Gasteiger partial charge in [0.2, 0.25) is 0 Å². The van der Waals surface area contributed by atoms with Gasteiger partial charge in [-0.15, -0.1) is 0 Å². The molecule has 1 saturated heterocycles. The summed E-state index contributed by atoms with van der Waals surface area (Å²) < 4.78 is 20.6. The maximum Gasteiger partial charge on any atom is 0.192 e. The molecule has 5 aliphatic rings. The lowest BCUT2D eigenvalue weighted by atomic mass is 9.40. The fourth-order valence-electron chi connectivity index (χ4n) is 9.55. The normalized spacial score (nSPS) is 53.5. The van der Waals surface area contributed by atoms with E-state index in [9.17, 15) is 5.11 Å². The van der Waals surface area contributed by atoms with Crippen molar-refractivity contribution in [2.75, 3.05) is 0 Å². The largest absolute Gasteiger partial charge is 0.414 e. The highest BCUT2D eigenvalue weighted by Gasteiger charge is 2.72. The summed E-state index contributed by atoms with van der Waals surface area (Å²) in [6.07, 6.45) is 7.05. The molecular formula is C30H54O4Si. The molecule has 1 N–H and O–H groups in total. The maximum absolute atomic E-state index is 12.4. The molecule has 35 heavy (non-hydrogen) atoms. The quantitative estimate of drug-likeness (QED) is 0.404. The van der Waals surface area contributed by atoms with Crippen molar-refractivity contribution in [3.63, 3.8) is 0 Å². The molecule has 202 valence electrons. The summed E-state index contributed by atoms with van der Waals surface area (Å²) in [7, 11) is -1.95. The van der Waals surface area contributed by atoms with E-state index in [4.69, 9.17) is 13.9 Å². The summed E-state index contributed by atoms with van der Waals surface area (Å²) in [5.41, 5.74) is -0.590. The van der Waals surface area contributed by atoms with Gasteiger partial charge in [0, 0.05) is 17.9 Å². The Morgan fingerprint density at radius 2 is 1.51 bits per heavy atom. The van der Waals surface area contributed by atoms with E-state index in [0.29, 0.717) is 23.2 Å². The second-order valence-electron chi connectivity index (χ2n) is 16.0. The van der Waals surface area contributed by atoms with Gasteiger partial charge in [-0.3, -0.25) is 0 Å². The lowest BCUT2D eigenvalue weighted by Crippen LogP contribution is -2.70. The van der Waals surface area contributed by atoms with Crippen LogP contribution in [0, 0.1) is 40.4 Å². The Morgan fingerprint density at radius 1 is 0.886 bits per heavy atom. The van der Waals surface area contributed by atoms with Crippen molar-refractivity contribution in [1.82, 2.24) is 0 Å². The highest BCUT2D eigenvalue weighted by molar-refractivity contribution is 6.74. The first kappa shape index (κ1) is 26.7. The fraction of sp³-hybridized carbons (Fsp3) is 1.00. The lowest BCUT2D eigenvalue weighted by Gasteiger charge is -2.67. The van der Waals surface area contributed by atoms with Gasteiger partial charge in [-0.25, -0.2) is 0 Å². The summed E-state index contributed by atoms with van der Waals surface area (Å²) in [5, 5.41) is 12.5. The summed E-state index contributed by atoms with van der Waals surface area (Å²) in [4.78, 5) is 0. The van der Waals surface area contributed by atoms with E-state index in [-0.39, 0.29) is 34.7 Å². The van der Waals surface area contributed by atoms with Crippen LogP contribution in [0.5, 0.6) is 0 Å². The molecule has 5 heteroatoms. The van der Waals surface area contributed by atoms with Gasteiger partial charge >= 0.3 is 0 Å². The second-order valence-corrected chi connectivity index (χ2v) is 20.7. The number of hydrogen-bond acceptors (Lipinski definition) is 4. The molecule has 5 unspecified atom stereocenters. The standard InChI is InChI=1S/C30H54O4Si/c1-18-12-13-20-23-21(14-15-28(18,20)7)30(9)22(24-25(23)33-27(5,6)32-24)16-19(17-29(30,8)31)34-35(10,11)26(2,3)4/h18-25,31H,12-17H2,1-11H3/t18-,19+,20?,21?,22?,23?,24+,25+,28+,29?,30+/m0/s1. The smallest absolute Gasteiger partial charge is 0.192 e. The molecule has 1 heterocycles. The van der Waals surface area contributed by atoms with Crippen molar-refractivity contribution in [1.29, 1.82) is 0 Å². The minimum Gasteiger partial charge on any atom is -0.414 e. The minimum atomic E-state index is -1.95. The predicted octanol–water partition coefficient (Wildman–Crippen LogP) is 7.16. The van der Waals surface area contributed by atoms with Crippen LogP contribution >= 0.6 is 0 Å². The van der Waals surface area contributed by atoms with Gasteiger partial charge in [-0.05, 0) is 106 Å². The molecule has 5 rings (SSSR count). The SMILES string of the molecule is C[C@H]1CCC2C3C(CC[C@@]21C)[C@]1(C)C(C[C@@H](O[Si](C)(C)C(C)(C)C)CC1(C)O)[C@H]1OC(C)(C)O[C@H]31. The van der Waals surface area contributed by atoms with Crippen LogP contribution in [0.25, 0.3) is 0 Å². The molecule has 0 radical (unpaired) electrons. The summed E-state index contributed by atoms with van der Waals surface area (Å²) in [6, 6.07) is 0. The first-order valence-electron chi connectivity index (χ1n) is 14.6. The van der Waals surface area contributed by atoms with E-state index in [1.807, 2.05) is 0 Å². The molecule has 0 aromatic heterocycles. The number of ether oxygens (including phenoxy) is 2. The van der Waals surface area contributed by atoms with E-state index in [1.54, 1.807) is 0 Å². The number of aliphatic hydroxyl groups is 1. The zero-order valence-corrected chi connectivity index (χ0v) is 25.5. The van der Waals surface area contributed by atoms with Crippen molar-refractivity contribution >= 4 is 8.32 Å². The topological polar surface area (TPSA) is 47.9 Å². The van der Waals surface area contributed by atoms with Crippen LogP contribution in [0.3, 0.4) is 0 Å². The molecule has 4 nitrogen and oxygen atoms in total. The highest BCUT2D eigenvalue weighted by atomic mass is 28.4. The molecule has 0 amide bonds. The average molecular weight is 507 g/mol. The third kappa shape index (κ3) is 3.72. The van der Waals surface area contributed by atoms with Crippen molar-refractivity contribution in [2.45, 2.75) is 149 Å². The molecule has 11 atom stereocenters. The zero-order chi connectivity index (χ0) is 26.0. The highest BCUT2D eigenvalue weighted by Crippen LogP contribution is 2.71. The molecule has 0 aromatic carbocycles. The lowest BCUT2D eigenvalue weighted by molar-refractivity contribution is -0.259. The maximum atomic E-state index is 12.4. The van der Waals surface area contributed by atoms with Crippen LogP contribution in [-0.4, -0.2) is 43.1 Å². The van der Waals surface area contributed by atoms with Crippen LogP contribution in [0.15, 0.2) is 0 Å². The van der Waals surface area contributed by atoms with Crippen LogP contribution < -0.4 is 0 Å². The zero-order valence-electron chi connectivity index (χ0n) is 24.5. The molecule has 5 fully saturated rings. The van der Waals surface area contributed by atoms with E-state index in [2.05, 4.69) is 75.4 Å². The monoisotopic (exact) mass is 506 g/mol. The molecule has 4 aliphatic carbocycles. The Balaban J connectivity index is 1.55. The molecule has 4 saturated carbocycles. The third-order valence-electron chi connectivity index (χ3n) is 12.9. The van der Waals surface area contributed by atoms with Crippen LogP contribution in [0.1, 0.15) is 101 Å². The van der Waals surface area contributed by atoms with Gasteiger partial charge in [0.1, 0.15) is 0 Å². The Labute approximate surface area is 216 Å². The minimum absolute atomic E-state index is 0.0341. The number of hydrogen-bond donors (Lipinski definition) is 1. The molecule has 1 aliphatic heterocycles. The van der Waals surface area contributed by atoms with Gasteiger partial charge in [-0.1, -0.05) is 41.5 Å². The Bertz CT molecular complexity index is 846. The van der Waals surface area contributed by atoms with Crippen LogP contribution in [0.2, 0.25) is 18.1 Å². The Morgan fingerprint density at radius 3 is 2.14 bits per heavy atom. The Hall–Kier alpha value is 0.0569. The van der Waals surface area contributed by atoms with Gasteiger partial charge in [-0.2, -0.15) is 0 Å². The number of rotatable bonds is 2. The van der Waals surface area contributed by atoms with E-state index >= 15 is 0 Å². The molecule has 0 spiro atoms. The van der Waals surface area contributed by atoms with Gasteiger partial charge in [0.15, 0.2) is 14.1 Å². The number of fused-ring (bicyclic) bond motifs is 8. The second kappa shape index (κ2) is 7.80. The van der Waals surface area contributed by atoms with Crippen molar-refractivity contribution in [3.8, 4) is 0 Å². The molecule has 0 bridgehead atoms. The van der Waals surface area contributed by atoms with Gasteiger partial charge in [0.05, 0.1) is 17.8 Å².